The third kappa shape index (κ3) is 4.51. The van der Waals surface area contributed by atoms with Crippen molar-refractivity contribution in [1.82, 2.24) is 8.87 Å². The topological polar surface area (TPSA) is 71.7 Å². The molecule has 0 fully saturated rings. The van der Waals surface area contributed by atoms with Crippen LogP contribution in [-0.4, -0.2) is 36.3 Å². The molecule has 0 bridgehead atoms. The van der Waals surface area contributed by atoms with Crippen LogP contribution in [0, 0.1) is 0 Å². The maximum atomic E-state index is 12.9. The van der Waals surface area contributed by atoms with Gasteiger partial charge in [-0.3, -0.25) is 4.79 Å². The Morgan fingerprint density at radius 3 is 2.45 bits per heavy atom. The lowest BCUT2D eigenvalue weighted by atomic mass is 10.1. The van der Waals surface area contributed by atoms with E-state index in [-0.39, 0.29) is 4.90 Å². The largest absolute Gasteiger partial charge is 0.319 e. The van der Waals surface area contributed by atoms with Crippen molar-refractivity contribution < 1.29 is 13.2 Å². The Kier molecular flexibility index (Phi) is 6.78. The summed E-state index contributed by atoms with van der Waals surface area (Å²) >= 11 is 1.47. The second-order valence-corrected chi connectivity index (χ2v) is 10.8. The first-order valence-electron chi connectivity index (χ1n) is 11.0. The molecule has 0 saturated carbocycles. The molecule has 0 aliphatic carbocycles. The molecule has 1 heterocycles. The van der Waals surface area contributed by atoms with E-state index in [9.17, 15) is 13.2 Å². The maximum Gasteiger partial charge on any atom is 0.279 e. The number of benzene rings is 3. The summed E-state index contributed by atoms with van der Waals surface area (Å²) in [5.74, 6) is -0.399. The van der Waals surface area contributed by atoms with Gasteiger partial charge in [-0.1, -0.05) is 61.9 Å². The standard InChI is InChI=1S/C25H27N3O3S2/c1-4-6-17-28(5-2)33(30,31)20-14-11-19(12-15-20)24(29)26-25-27(3)22-16-13-18-9-7-8-10-21(18)23(22)32-25/h7-16H,4-6,17H2,1-3H3. The summed E-state index contributed by atoms with van der Waals surface area (Å²) < 4.78 is 30.3. The lowest BCUT2D eigenvalue weighted by Gasteiger charge is -2.20. The van der Waals surface area contributed by atoms with Gasteiger partial charge in [-0.2, -0.15) is 9.30 Å². The van der Waals surface area contributed by atoms with Crippen LogP contribution in [0.5, 0.6) is 0 Å². The first-order chi connectivity index (χ1) is 15.9. The van der Waals surface area contributed by atoms with E-state index < -0.39 is 15.9 Å². The van der Waals surface area contributed by atoms with E-state index in [1.54, 1.807) is 0 Å². The van der Waals surface area contributed by atoms with E-state index in [0.717, 1.165) is 33.8 Å². The van der Waals surface area contributed by atoms with Crippen molar-refractivity contribution in [3.63, 3.8) is 0 Å². The average Bonchev–Trinajstić information content (AvgIpc) is 3.15. The Labute approximate surface area is 197 Å². The summed E-state index contributed by atoms with van der Waals surface area (Å²) in [6.45, 7) is 4.76. The number of aromatic nitrogens is 1. The normalized spacial score (nSPS) is 12.8. The summed E-state index contributed by atoms with van der Waals surface area (Å²) in [6, 6.07) is 18.3. The summed E-state index contributed by atoms with van der Waals surface area (Å²) in [5.41, 5.74) is 1.37. The number of sulfonamides is 1. The first kappa shape index (κ1) is 23.4. The number of thiazole rings is 1. The fraction of sp³-hybridized carbons (Fsp3) is 0.280. The van der Waals surface area contributed by atoms with Gasteiger partial charge in [-0.05, 0) is 42.1 Å². The summed E-state index contributed by atoms with van der Waals surface area (Å²) in [6.07, 6.45) is 1.73. The molecule has 33 heavy (non-hydrogen) atoms. The molecule has 3 aromatic carbocycles. The monoisotopic (exact) mass is 481 g/mol. The molecular formula is C25H27N3O3S2. The maximum absolute atomic E-state index is 12.9. The van der Waals surface area contributed by atoms with Crippen molar-refractivity contribution in [1.29, 1.82) is 0 Å². The van der Waals surface area contributed by atoms with Crippen LogP contribution in [0.3, 0.4) is 0 Å². The summed E-state index contributed by atoms with van der Waals surface area (Å²) in [5, 5.41) is 2.27. The average molecular weight is 482 g/mol. The molecular weight excluding hydrogens is 454 g/mol. The Bertz CT molecular complexity index is 1480. The smallest absolute Gasteiger partial charge is 0.279 e. The van der Waals surface area contributed by atoms with Gasteiger partial charge in [0.05, 0.1) is 15.1 Å². The second-order valence-electron chi connectivity index (χ2n) is 7.87. The first-order valence-corrected chi connectivity index (χ1v) is 13.3. The van der Waals surface area contributed by atoms with Gasteiger partial charge in [0.15, 0.2) is 4.80 Å². The fourth-order valence-corrected chi connectivity index (χ4v) is 6.46. The molecule has 1 aromatic heterocycles. The summed E-state index contributed by atoms with van der Waals surface area (Å²) in [7, 11) is -1.69. The zero-order valence-electron chi connectivity index (χ0n) is 19.0. The van der Waals surface area contributed by atoms with Crippen LogP contribution in [0.2, 0.25) is 0 Å². The number of unbranched alkanes of at least 4 members (excludes halogenated alkanes) is 1. The molecule has 0 N–H and O–H groups in total. The van der Waals surface area contributed by atoms with E-state index >= 15 is 0 Å². The molecule has 172 valence electrons. The van der Waals surface area contributed by atoms with Gasteiger partial charge in [0.1, 0.15) is 0 Å². The van der Waals surface area contributed by atoms with Crippen LogP contribution in [0.15, 0.2) is 70.6 Å². The second kappa shape index (κ2) is 9.59. The van der Waals surface area contributed by atoms with Crippen molar-refractivity contribution >= 4 is 48.3 Å². The highest BCUT2D eigenvalue weighted by Crippen LogP contribution is 2.27. The lowest BCUT2D eigenvalue weighted by molar-refractivity contribution is 0.0998. The molecule has 0 aliphatic heterocycles. The third-order valence-electron chi connectivity index (χ3n) is 5.75. The number of rotatable bonds is 7. The highest BCUT2D eigenvalue weighted by atomic mass is 32.2. The van der Waals surface area contributed by atoms with Crippen molar-refractivity contribution in [2.75, 3.05) is 13.1 Å². The fourth-order valence-electron chi connectivity index (χ4n) is 3.82. The predicted octanol–water partition coefficient (Wildman–Crippen LogP) is 4.94. The number of fused-ring (bicyclic) bond motifs is 3. The Morgan fingerprint density at radius 1 is 1.03 bits per heavy atom. The number of hydrogen-bond acceptors (Lipinski definition) is 4. The minimum absolute atomic E-state index is 0.191. The van der Waals surface area contributed by atoms with Crippen LogP contribution < -0.4 is 4.80 Å². The third-order valence-corrected chi connectivity index (χ3v) is 8.92. The molecule has 0 unspecified atom stereocenters. The Balaban J connectivity index is 1.66. The van der Waals surface area contributed by atoms with Crippen molar-refractivity contribution in [3.8, 4) is 0 Å². The molecule has 4 rings (SSSR count). The van der Waals surface area contributed by atoms with Gasteiger partial charge >= 0.3 is 0 Å². The molecule has 0 spiro atoms. The number of nitrogens with zero attached hydrogens (tertiary/aromatic N) is 3. The molecule has 0 radical (unpaired) electrons. The number of amides is 1. The van der Waals surface area contributed by atoms with Gasteiger partial charge in [-0.25, -0.2) is 8.42 Å². The minimum Gasteiger partial charge on any atom is -0.319 e. The lowest BCUT2D eigenvalue weighted by Crippen LogP contribution is -2.31. The van der Waals surface area contributed by atoms with Gasteiger partial charge in [0.25, 0.3) is 5.91 Å². The number of aryl methyl sites for hydroxylation is 1. The van der Waals surface area contributed by atoms with Crippen LogP contribution >= 0.6 is 11.3 Å². The molecule has 6 nitrogen and oxygen atoms in total. The Hall–Kier alpha value is -2.81. The molecule has 8 heteroatoms. The number of carbonyl (C=O) groups excluding carboxylic acids is 1. The predicted molar refractivity (Wildman–Crippen MR) is 134 cm³/mol. The van der Waals surface area contributed by atoms with Gasteiger partial charge in [0, 0.05) is 31.1 Å². The van der Waals surface area contributed by atoms with Crippen LogP contribution in [-0.2, 0) is 17.1 Å². The van der Waals surface area contributed by atoms with E-state index in [1.165, 1.54) is 39.9 Å². The van der Waals surface area contributed by atoms with Crippen LogP contribution in [0.25, 0.3) is 21.0 Å². The van der Waals surface area contributed by atoms with E-state index in [4.69, 9.17) is 0 Å². The minimum atomic E-state index is -3.58. The van der Waals surface area contributed by atoms with Crippen molar-refractivity contribution in [2.45, 2.75) is 31.6 Å². The van der Waals surface area contributed by atoms with Gasteiger partial charge in [0.2, 0.25) is 10.0 Å². The van der Waals surface area contributed by atoms with Crippen molar-refractivity contribution in [3.05, 3.63) is 71.0 Å². The highest BCUT2D eigenvalue weighted by Gasteiger charge is 2.22. The highest BCUT2D eigenvalue weighted by molar-refractivity contribution is 7.89. The zero-order chi connectivity index (χ0) is 23.6. The number of carbonyl (C=O) groups is 1. The van der Waals surface area contributed by atoms with Gasteiger partial charge < -0.3 is 4.57 Å². The van der Waals surface area contributed by atoms with E-state index in [0.29, 0.717) is 23.5 Å². The molecule has 1 amide bonds. The number of hydrogen-bond donors (Lipinski definition) is 0. The van der Waals surface area contributed by atoms with Crippen LogP contribution in [0.1, 0.15) is 37.0 Å². The molecule has 0 aliphatic rings. The molecule has 0 atom stereocenters. The zero-order valence-corrected chi connectivity index (χ0v) is 20.6. The van der Waals surface area contributed by atoms with Crippen LogP contribution in [0.4, 0.5) is 0 Å². The Morgan fingerprint density at radius 2 is 1.76 bits per heavy atom. The SMILES string of the molecule is CCCCN(CC)S(=O)(=O)c1ccc(C(=O)N=c2sc3c4ccccc4ccc3n2C)cc1. The summed E-state index contributed by atoms with van der Waals surface area (Å²) in [4.78, 5) is 18.0. The van der Waals surface area contributed by atoms with Crippen molar-refractivity contribution in [2.24, 2.45) is 12.0 Å². The molecule has 0 saturated heterocycles. The van der Waals surface area contributed by atoms with Gasteiger partial charge in [-0.15, -0.1) is 0 Å². The quantitative estimate of drug-likeness (QED) is 0.375. The van der Waals surface area contributed by atoms with E-state index in [1.807, 2.05) is 43.7 Å². The molecule has 4 aromatic rings. The van der Waals surface area contributed by atoms with E-state index in [2.05, 4.69) is 23.2 Å².